The third-order valence-electron chi connectivity index (χ3n) is 7.90. The zero-order valence-corrected chi connectivity index (χ0v) is 20.7. The summed E-state index contributed by atoms with van der Waals surface area (Å²) in [5.74, 6) is 1.97. The van der Waals surface area contributed by atoms with E-state index in [1.807, 2.05) is 12.3 Å². The van der Waals surface area contributed by atoms with Gasteiger partial charge < -0.3 is 20.6 Å². The summed E-state index contributed by atoms with van der Waals surface area (Å²) in [5.41, 5.74) is 2.05. The summed E-state index contributed by atoms with van der Waals surface area (Å²) in [6.07, 6.45) is 16.4. The molecule has 3 fully saturated rings. The number of halogens is 1. The smallest absolute Gasteiger partial charge is 0.229 e. The van der Waals surface area contributed by atoms with Crippen LogP contribution in [0.25, 0.3) is 0 Å². The number of hydrogen-bond acceptors (Lipinski definition) is 7. The average molecular weight is 485 g/mol. The van der Waals surface area contributed by atoms with E-state index in [9.17, 15) is 5.11 Å². The van der Waals surface area contributed by atoms with E-state index in [-0.39, 0.29) is 6.10 Å². The Morgan fingerprint density at radius 2 is 1.71 bits per heavy atom. The molecule has 184 valence electrons. The first-order valence-electron chi connectivity index (χ1n) is 13.1. The number of pyridine rings is 1. The number of nitrogens with one attached hydrogen (secondary N) is 2. The Hall–Kier alpha value is -1.96. The van der Waals surface area contributed by atoms with Gasteiger partial charge in [0.05, 0.1) is 6.10 Å². The number of aliphatic hydroxyl groups excluding tert-OH is 1. The highest BCUT2D eigenvalue weighted by Gasteiger charge is 2.29. The molecule has 2 aromatic heterocycles. The highest BCUT2D eigenvalue weighted by atomic mass is 35.5. The van der Waals surface area contributed by atoms with E-state index in [0.717, 1.165) is 56.1 Å². The molecular weight excluding hydrogens is 448 g/mol. The van der Waals surface area contributed by atoms with Gasteiger partial charge in [0.2, 0.25) is 5.95 Å². The van der Waals surface area contributed by atoms with E-state index in [1.165, 1.54) is 50.8 Å². The lowest BCUT2D eigenvalue weighted by Gasteiger charge is -2.39. The van der Waals surface area contributed by atoms with Crippen LogP contribution >= 0.6 is 11.6 Å². The van der Waals surface area contributed by atoms with Crippen molar-refractivity contribution in [2.45, 2.75) is 94.7 Å². The van der Waals surface area contributed by atoms with E-state index in [2.05, 4.69) is 25.5 Å². The zero-order chi connectivity index (χ0) is 23.3. The number of piperidine rings is 1. The van der Waals surface area contributed by atoms with Crippen LogP contribution in [0, 0.1) is 0 Å². The van der Waals surface area contributed by atoms with Crippen molar-refractivity contribution in [1.29, 1.82) is 0 Å². The summed E-state index contributed by atoms with van der Waals surface area (Å²) in [4.78, 5) is 16.4. The van der Waals surface area contributed by atoms with E-state index >= 15 is 0 Å². The molecule has 2 aromatic rings. The standard InChI is InChI=1S/C26H37ClN6O/c27-24-16-20(10-13-28-24)31-26-29-17-23(25(32-26)30-19-6-8-22(34)9-7-19)18-11-14-33(15-12-18)21-4-2-1-3-5-21/h10,13,16-19,21-22,34H,1-9,11-12,14-15H2,(H2,28,29,30,31,32). The molecule has 0 atom stereocenters. The number of likely N-dealkylation sites (tertiary alicyclic amines) is 1. The molecule has 0 radical (unpaired) electrons. The molecule has 8 heteroatoms. The van der Waals surface area contributed by atoms with Gasteiger partial charge in [0.25, 0.3) is 0 Å². The number of rotatable bonds is 6. The van der Waals surface area contributed by atoms with Gasteiger partial charge in [-0.2, -0.15) is 4.98 Å². The first-order chi connectivity index (χ1) is 16.6. The van der Waals surface area contributed by atoms with Gasteiger partial charge >= 0.3 is 0 Å². The van der Waals surface area contributed by atoms with Crippen LogP contribution in [0.15, 0.2) is 24.5 Å². The van der Waals surface area contributed by atoms with Crippen molar-refractivity contribution in [3.05, 3.63) is 35.2 Å². The molecule has 3 heterocycles. The van der Waals surface area contributed by atoms with Crippen LogP contribution in [-0.2, 0) is 0 Å². The fourth-order valence-electron chi connectivity index (χ4n) is 5.91. The average Bonchev–Trinajstić information content (AvgIpc) is 2.86. The number of hydrogen-bond donors (Lipinski definition) is 3. The molecule has 34 heavy (non-hydrogen) atoms. The number of aliphatic hydroxyl groups is 1. The number of anilines is 3. The first-order valence-corrected chi connectivity index (χ1v) is 13.5. The highest BCUT2D eigenvalue weighted by Crippen LogP contribution is 2.36. The molecule has 3 N–H and O–H groups in total. The Bertz CT molecular complexity index is 937. The summed E-state index contributed by atoms with van der Waals surface area (Å²) < 4.78 is 0. The topological polar surface area (TPSA) is 86.2 Å². The normalized spacial score (nSPS) is 25.2. The molecule has 5 rings (SSSR count). The van der Waals surface area contributed by atoms with Crippen LogP contribution in [0.3, 0.4) is 0 Å². The molecule has 1 saturated heterocycles. The van der Waals surface area contributed by atoms with Crippen LogP contribution in [-0.4, -0.2) is 56.2 Å². The van der Waals surface area contributed by atoms with Gasteiger partial charge in [-0.15, -0.1) is 0 Å². The van der Waals surface area contributed by atoms with Crippen LogP contribution in [0.4, 0.5) is 17.5 Å². The van der Waals surface area contributed by atoms with Gasteiger partial charge in [-0.25, -0.2) is 9.97 Å². The maximum absolute atomic E-state index is 9.93. The summed E-state index contributed by atoms with van der Waals surface area (Å²) in [7, 11) is 0. The molecule has 0 amide bonds. The Morgan fingerprint density at radius 3 is 2.44 bits per heavy atom. The van der Waals surface area contributed by atoms with Crippen LogP contribution < -0.4 is 10.6 Å². The maximum atomic E-state index is 9.93. The number of aromatic nitrogens is 3. The predicted octanol–water partition coefficient (Wildman–Crippen LogP) is 5.50. The lowest BCUT2D eigenvalue weighted by atomic mass is 9.87. The lowest BCUT2D eigenvalue weighted by Crippen LogP contribution is -2.42. The third-order valence-corrected chi connectivity index (χ3v) is 8.10. The fourth-order valence-corrected chi connectivity index (χ4v) is 6.08. The monoisotopic (exact) mass is 484 g/mol. The predicted molar refractivity (Wildman–Crippen MR) is 137 cm³/mol. The lowest BCUT2D eigenvalue weighted by molar-refractivity contribution is 0.122. The summed E-state index contributed by atoms with van der Waals surface area (Å²) in [5, 5.41) is 17.4. The van der Waals surface area contributed by atoms with E-state index in [4.69, 9.17) is 16.6 Å². The van der Waals surface area contributed by atoms with Gasteiger partial charge in [0, 0.05) is 35.7 Å². The van der Waals surface area contributed by atoms with Crippen molar-refractivity contribution < 1.29 is 5.11 Å². The van der Waals surface area contributed by atoms with Gasteiger partial charge in [-0.3, -0.25) is 0 Å². The van der Waals surface area contributed by atoms with Crippen LogP contribution in [0.1, 0.15) is 82.1 Å². The highest BCUT2D eigenvalue weighted by molar-refractivity contribution is 6.29. The van der Waals surface area contributed by atoms with Crippen molar-refractivity contribution in [2.75, 3.05) is 23.7 Å². The zero-order valence-electron chi connectivity index (χ0n) is 19.9. The third kappa shape index (κ3) is 5.99. The molecule has 2 aliphatic carbocycles. The van der Waals surface area contributed by atoms with E-state index in [1.54, 1.807) is 12.3 Å². The largest absolute Gasteiger partial charge is 0.393 e. The second-order valence-electron chi connectivity index (χ2n) is 10.2. The van der Waals surface area contributed by atoms with E-state index in [0.29, 0.717) is 23.1 Å². The van der Waals surface area contributed by atoms with Crippen molar-refractivity contribution >= 4 is 29.1 Å². The van der Waals surface area contributed by atoms with Gasteiger partial charge in [-0.1, -0.05) is 30.9 Å². The van der Waals surface area contributed by atoms with Crippen LogP contribution in [0.2, 0.25) is 5.15 Å². The molecule has 2 saturated carbocycles. The van der Waals surface area contributed by atoms with Gasteiger partial charge in [0.1, 0.15) is 11.0 Å². The Kier molecular flexibility index (Phi) is 7.82. The Morgan fingerprint density at radius 1 is 0.941 bits per heavy atom. The molecule has 7 nitrogen and oxygen atoms in total. The molecule has 0 unspecified atom stereocenters. The quantitative estimate of drug-likeness (QED) is 0.467. The number of nitrogens with zero attached hydrogens (tertiary/aromatic N) is 4. The van der Waals surface area contributed by atoms with E-state index < -0.39 is 0 Å². The second-order valence-corrected chi connectivity index (χ2v) is 10.6. The Balaban J connectivity index is 1.31. The minimum absolute atomic E-state index is 0.166. The van der Waals surface area contributed by atoms with Gasteiger partial charge in [0.15, 0.2) is 0 Å². The second kappa shape index (κ2) is 11.2. The summed E-state index contributed by atoms with van der Waals surface area (Å²) in [6.45, 7) is 2.33. The molecule has 0 spiro atoms. The van der Waals surface area contributed by atoms with Crippen molar-refractivity contribution in [3.8, 4) is 0 Å². The molecule has 1 aliphatic heterocycles. The SMILES string of the molecule is OC1CCC(Nc2nc(Nc3ccnc(Cl)c3)ncc2C2CCN(C3CCCCC3)CC2)CC1. The molecule has 0 bridgehead atoms. The minimum atomic E-state index is -0.166. The molecule has 3 aliphatic rings. The van der Waals surface area contributed by atoms with Crippen molar-refractivity contribution in [3.63, 3.8) is 0 Å². The maximum Gasteiger partial charge on any atom is 0.229 e. The van der Waals surface area contributed by atoms with Crippen molar-refractivity contribution in [2.24, 2.45) is 0 Å². The van der Waals surface area contributed by atoms with Gasteiger partial charge in [-0.05, 0) is 82.5 Å². The fraction of sp³-hybridized carbons (Fsp3) is 0.654. The summed E-state index contributed by atoms with van der Waals surface area (Å²) in [6, 6.07) is 4.76. The first kappa shape index (κ1) is 23.8. The summed E-state index contributed by atoms with van der Waals surface area (Å²) >= 11 is 6.05. The van der Waals surface area contributed by atoms with Crippen molar-refractivity contribution in [1.82, 2.24) is 19.9 Å². The minimum Gasteiger partial charge on any atom is -0.393 e. The molecular formula is C26H37ClN6O. The molecule has 0 aromatic carbocycles. The van der Waals surface area contributed by atoms with Crippen LogP contribution in [0.5, 0.6) is 0 Å². The Labute approximate surface area is 207 Å².